The second-order valence-electron chi connectivity index (χ2n) is 3.98. The van der Waals surface area contributed by atoms with E-state index in [-0.39, 0.29) is 0 Å². The molecule has 1 N–H and O–H groups in total. The van der Waals surface area contributed by atoms with Crippen LogP contribution in [-0.4, -0.2) is 19.3 Å². The van der Waals surface area contributed by atoms with Gasteiger partial charge >= 0.3 is 0 Å². The van der Waals surface area contributed by atoms with Crippen LogP contribution in [0.15, 0.2) is 29.6 Å². The Hall–Kier alpha value is -1.52. The quantitative estimate of drug-likeness (QED) is 0.922. The molecule has 2 aromatic rings. The van der Waals surface area contributed by atoms with Crippen LogP contribution in [0.1, 0.15) is 22.1 Å². The van der Waals surface area contributed by atoms with Gasteiger partial charge in [-0.15, -0.1) is 11.3 Å². The molecule has 0 aliphatic rings. The average molecular weight is 264 g/mol. The lowest BCUT2D eigenvalue weighted by Crippen LogP contribution is -2.02. The lowest BCUT2D eigenvalue weighted by molar-refractivity contribution is 0.217. The van der Waals surface area contributed by atoms with Crippen molar-refractivity contribution in [1.29, 1.82) is 0 Å². The topological polar surface area (TPSA) is 38.7 Å². The molecule has 4 heteroatoms. The number of hydrogen-bond donors (Lipinski definition) is 1. The molecule has 1 aromatic heterocycles. The van der Waals surface area contributed by atoms with Crippen molar-refractivity contribution in [3.8, 4) is 11.5 Å². The third kappa shape index (κ3) is 2.35. The SMILES string of the molecule is COc1ccc(C(O)c2sccc2C)c(OC)c1. The van der Waals surface area contributed by atoms with Crippen molar-refractivity contribution in [3.05, 3.63) is 45.6 Å². The van der Waals surface area contributed by atoms with Crippen LogP contribution in [-0.2, 0) is 0 Å². The minimum absolute atomic E-state index is 0.634. The first-order valence-corrected chi connectivity index (χ1v) is 6.49. The summed E-state index contributed by atoms with van der Waals surface area (Å²) in [5.74, 6) is 1.35. The van der Waals surface area contributed by atoms with E-state index < -0.39 is 6.10 Å². The number of aliphatic hydroxyl groups excluding tert-OH is 1. The van der Waals surface area contributed by atoms with Gasteiger partial charge in [0.15, 0.2) is 0 Å². The standard InChI is InChI=1S/C14H16O3S/c1-9-6-7-18-14(9)13(15)11-5-4-10(16-2)8-12(11)17-3/h4-8,13,15H,1-3H3. The summed E-state index contributed by atoms with van der Waals surface area (Å²) < 4.78 is 10.5. The molecule has 1 aromatic carbocycles. The predicted molar refractivity (Wildman–Crippen MR) is 72.7 cm³/mol. The van der Waals surface area contributed by atoms with Crippen molar-refractivity contribution >= 4 is 11.3 Å². The van der Waals surface area contributed by atoms with Gasteiger partial charge in [-0.1, -0.05) is 0 Å². The van der Waals surface area contributed by atoms with E-state index >= 15 is 0 Å². The molecule has 0 saturated carbocycles. The summed E-state index contributed by atoms with van der Waals surface area (Å²) in [6, 6.07) is 7.44. The molecule has 0 fully saturated rings. The Kier molecular flexibility index (Phi) is 3.89. The Morgan fingerprint density at radius 3 is 2.50 bits per heavy atom. The van der Waals surface area contributed by atoms with Crippen LogP contribution < -0.4 is 9.47 Å². The van der Waals surface area contributed by atoms with Gasteiger partial charge in [-0.05, 0) is 36.1 Å². The third-order valence-electron chi connectivity index (χ3n) is 2.89. The van der Waals surface area contributed by atoms with E-state index in [2.05, 4.69) is 0 Å². The van der Waals surface area contributed by atoms with Crippen LogP contribution >= 0.6 is 11.3 Å². The van der Waals surface area contributed by atoms with Gasteiger partial charge in [0.05, 0.1) is 14.2 Å². The molecule has 2 rings (SSSR count). The second kappa shape index (κ2) is 5.42. The molecular weight excluding hydrogens is 248 g/mol. The van der Waals surface area contributed by atoms with Gasteiger partial charge in [0.25, 0.3) is 0 Å². The highest BCUT2D eigenvalue weighted by Crippen LogP contribution is 2.36. The fourth-order valence-electron chi connectivity index (χ4n) is 1.85. The van der Waals surface area contributed by atoms with Crippen molar-refractivity contribution < 1.29 is 14.6 Å². The number of rotatable bonds is 4. The Labute approximate surface area is 111 Å². The van der Waals surface area contributed by atoms with Gasteiger partial charge < -0.3 is 14.6 Å². The van der Waals surface area contributed by atoms with E-state index in [0.29, 0.717) is 11.5 Å². The lowest BCUT2D eigenvalue weighted by atomic mass is 10.0. The molecule has 0 amide bonds. The number of hydrogen-bond acceptors (Lipinski definition) is 4. The molecule has 0 aliphatic carbocycles. The van der Waals surface area contributed by atoms with E-state index in [1.54, 1.807) is 31.6 Å². The highest BCUT2D eigenvalue weighted by molar-refractivity contribution is 7.10. The zero-order valence-electron chi connectivity index (χ0n) is 10.6. The molecule has 1 atom stereocenters. The van der Waals surface area contributed by atoms with Gasteiger partial charge in [-0.25, -0.2) is 0 Å². The van der Waals surface area contributed by atoms with Gasteiger partial charge in [-0.2, -0.15) is 0 Å². The number of benzene rings is 1. The molecule has 96 valence electrons. The van der Waals surface area contributed by atoms with Crippen LogP contribution in [0.3, 0.4) is 0 Å². The second-order valence-corrected chi connectivity index (χ2v) is 4.93. The molecule has 18 heavy (non-hydrogen) atoms. The summed E-state index contributed by atoms with van der Waals surface area (Å²) in [5, 5.41) is 12.4. The normalized spacial score (nSPS) is 12.2. The zero-order valence-corrected chi connectivity index (χ0v) is 11.5. The van der Waals surface area contributed by atoms with Crippen molar-refractivity contribution in [2.45, 2.75) is 13.0 Å². The molecule has 0 bridgehead atoms. The first-order chi connectivity index (χ1) is 8.67. The number of aryl methyl sites for hydroxylation is 1. The smallest absolute Gasteiger partial charge is 0.128 e. The summed E-state index contributed by atoms with van der Waals surface area (Å²) in [6.07, 6.45) is -0.661. The predicted octanol–water partition coefficient (Wildman–Crippen LogP) is 3.16. The summed E-state index contributed by atoms with van der Waals surface area (Å²) in [5.41, 5.74) is 1.84. The maximum Gasteiger partial charge on any atom is 0.128 e. The van der Waals surface area contributed by atoms with Crippen molar-refractivity contribution in [2.24, 2.45) is 0 Å². The average Bonchev–Trinajstić information content (AvgIpc) is 2.83. The van der Waals surface area contributed by atoms with E-state index in [1.807, 2.05) is 30.5 Å². The highest BCUT2D eigenvalue weighted by atomic mass is 32.1. The van der Waals surface area contributed by atoms with Crippen LogP contribution in [0, 0.1) is 6.92 Å². The van der Waals surface area contributed by atoms with E-state index in [0.717, 1.165) is 16.0 Å². The van der Waals surface area contributed by atoms with E-state index in [1.165, 1.54) is 0 Å². The lowest BCUT2D eigenvalue weighted by Gasteiger charge is -2.15. The fraction of sp³-hybridized carbons (Fsp3) is 0.286. The molecule has 3 nitrogen and oxygen atoms in total. The number of thiophene rings is 1. The molecule has 1 unspecified atom stereocenters. The molecule has 0 radical (unpaired) electrons. The summed E-state index contributed by atoms with van der Waals surface area (Å²) in [6.45, 7) is 1.99. The molecule has 1 heterocycles. The van der Waals surface area contributed by atoms with Crippen molar-refractivity contribution in [1.82, 2.24) is 0 Å². The number of ether oxygens (including phenoxy) is 2. The fourth-order valence-corrected chi connectivity index (χ4v) is 2.78. The molecule has 0 saturated heterocycles. The maximum absolute atomic E-state index is 10.4. The molecule has 0 spiro atoms. The van der Waals surface area contributed by atoms with E-state index in [4.69, 9.17) is 9.47 Å². The third-order valence-corrected chi connectivity index (χ3v) is 3.96. The van der Waals surface area contributed by atoms with Crippen molar-refractivity contribution in [2.75, 3.05) is 14.2 Å². The van der Waals surface area contributed by atoms with E-state index in [9.17, 15) is 5.11 Å². The molecule has 0 aliphatic heterocycles. The Morgan fingerprint density at radius 1 is 1.17 bits per heavy atom. The first kappa shape index (κ1) is 12.9. The minimum Gasteiger partial charge on any atom is -0.497 e. The zero-order chi connectivity index (χ0) is 13.1. The largest absolute Gasteiger partial charge is 0.497 e. The van der Waals surface area contributed by atoms with Crippen LogP contribution in [0.25, 0.3) is 0 Å². The monoisotopic (exact) mass is 264 g/mol. The Balaban J connectivity index is 2.41. The van der Waals surface area contributed by atoms with Gasteiger partial charge in [-0.3, -0.25) is 0 Å². The highest BCUT2D eigenvalue weighted by Gasteiger charge is 2.18. The van der Waals surface area contributed by atoms with Crippen molar-refractivity contribution in [3.63, 3.8) is 0 Å². The van der Waals surface area contributed by atoms with Crippen LogP contribution in [0.5, 0.6) is 11.5 Å². The van der Waals surface area contributed by atoms with Gasteiger partial charge in [0, 0.05) is 16.5 Å². The summed E-state index contributed by atoms with van der Waals surface area (Å²) >= 11 is 1.54. The number of aliphatic hydroxyl groups is 1. The first-order valence-electron chi connectivity index (χ1n) is 5.61. The molecular formula is C14H16O3S. The Morgan fingerprint density at radius 2 is 1.94 bits per heavy atom. The Bertz CT molecular complexity index is 534. The maximum atomic E-state index is 10.4. The van der Waals surface area contributed by atoms with Crippen LogP contribution in [0.4, 0.5) is 0 Å². The summed E-state index contributed by atoms with van der Waals surface area (Å²) in [4.78, 5) is 0.943. The van der Waals surface area contributed by atoms with Gasteiger partial charge in [0.2, 0.25) is 0 Å². The van der Waals surface area contributed by atoms with Crippen LogP contribution in [0.2, 0.25) is 0 Å². The summed E-state index contributed by atoms with van der Waals surface area (Å²) in [7, 11) is 3.20. The minimum atomic E-state index is -0.661. The number of methoxy groups -OCH3 is 2. The van der Waals surface area contributed by atoms with Gasteiger partial charge in [0.1, 0.15) is 17.6 Å².